The summed E-state index contributed by atoms with van der Waals surface area (Å²) < 4.78 is 0. The van der Waals surface area contributed by atoms with Gasteiger partial charge in [0.2, 0.25) is 0 Å². The molecule has 18 heavy (non-hydrogen) atoms. The maximum absolute atomic E-state index is 10.6. The zero-order chi connectivity index (χ0) is 13.5. The second-order valence-corrected chi connectivity index (χ2v) is 4.19. The van der Waals surface area contributed by atoms with Crippen molar-refractivity contribution < 1.29 is 9.90 Å². The minimum atomic E-state index is -0.786. The normalized spacial score (nSPS) is 12.1. The zero-order valence-corrected chi connectivity index (χ0v) is 10.8. The average Bonchev–Trinajstić information content (AvgIpc) is 2.39. The summed E-state index contributed by atoms with van der Waals surface area (Å²) in [4.78, 5) is 12.7. The number of carbonyl (C=O) groups is 1. The van der Waals surface area contributed by atoms with Gasteiger partial charge >= 0.3 is 5.97 Å². The lowest BCUT2D eigenvalue weighted by Gasteiger charge is -2.27. The fourth-order valence-electron chi connectivity index (χ4n) is 1.94. The van der Waals surface area contributed by atoms with E-state index in [2.05, 4.69) is 11.0 Å². The molecule has 96 valence electrons. The molecule has 0 aliphatic carbocycles. The molecule has 0 heterocycles. The standard InChI is InChI=1S/C14H18N2O2/c1-3-16(8-7-14(17)18)11(2)13-6-4-5-12(9-13)10-15/h4-6,9,11H,3,7-8H2,1-2H3,(H,17,18). The topological polar surface area (TPSA) is 64.3 Å². The van der Waals surface area contributed by atoms with Gasteiger partial charge in [0.25, 0.3) is 0 Å². The Morgan fingerprint density at radius 3 is 2.83 bits per heavy atom. The molecule has 0 aliphatic rings. The summed E-state index contributed by atoms with van der Waals surface area (Å²) in [6.45, 7) is 5.34. The van der Waals surface area contributed by atoms with E-state index in [4.69, 9.17) is 10.4 Å². The molecule has 4 nitrogen and oxygen atoms in total. The molecule has 1 unspecified atom stereocenters. The second-order valence-electron chi connectivity index (χ2n) is 4.19. The Kier molecular flexibility index (Phi) is 5.34. The van der Waals surface area contributed by atoms with Gasteiger partial charge in [0.15, 0.2) is 0 Å². The summed E-state index contributed by atoms with van der Waals surface area (Å²) in [7, 11) is 0. The van der Waals surface area contributed by atoms with Crippen LogP contribution >= 0.6 is 0 Å². The quantitative estimate of drug-likeness (QED) is 0.837. The highest BCUT2D eigenvalue weighted by Crippen LogP contribution is 2.20. The summed E-state index contributed by atoms with van der Waals surface area (Å²) in [5.74, 6) is -0.786. The van der Waals surface area contributed by atoms with E-state index < -0.39 is 5.97 Å². The fraction of sp³-hybridized carbons (Fsp3) is 0.429. The highest BCUT2D eigenvalue weighted by atomic mass is 16.4. The highest BCUT2D eigenvalue weighted by molar-refractivity contribution is 5.66. The molecule has 0 saturated heterocycles. The van der Waals surface area contributed by atoms with Gasteiger partial charge in [-0.3, -0.25) is 9.69 Å². The number of aliphatic carboxylic acids is 1. The highest BCUT2D eigenvalue weighted by Gasteiger charge is 2.15. The van der Waals surface area contributed by atoms with E-state index in [1.54, 1.807) is 6.07 Å². The minimum Gasteiger partial charge on any atom is -0.481 e. The van der Waals surface area contributed by atoms with Gasteiger partial charge in [-0.2, -0.15) is 5.26 Å². The lowest BCUT2D eigenvalue weighted by Crippen LogP contribution is -2.29. The van der Waals surface area contributed by atoms with Crippen LogP contribution in [-0.4, -0.2) is 29.1 Å². The van der Waals surface area contributed by atoms with Crippen molar-refractivity contribution in [2.45, 2.75) is 26.3 Å². The van der Waals surface area contributed by atoms with Crippen LogP contribution in [0.25, 0.3) is 0 Å². The number of nitrogens with zero attached hydrogens (tertiary/aromatic N) is 2. The molecule has 1 aromatic carbocycles. The molecule has 0 amide bonds. The van der Waals surface area contributed by atoms with Gasteiger partial charge in [-0.05, 0) is 31.2 Å². The van der Waals surface area contributed by atoms with Crippen LogP contribution < -0.4 is 0 Å². The molecule has 0 radical (unpaired) electrons. The number of benzene rings is 1. The number of carboxylic acids is 1. The Morgan fingerprint density at radius 1 is 1.56 bits per heavy atom. The molecular formula is C14H18N2O2. The van der Waals surface area contributed by atoms with E-state index >= 15 is 0 Å². The van der Waals surface area contributed by atoms with Crippen molar-refractivity contribution in [1.82, 2.24) is 4.90 Å². The molecule has 0 aromatic heterocycles. The zero-order valence-electron chi connectivity index (χ0n) is 10.8. The molecule has 0 aliphatic heterocycles. The molecular weight excluding hydrogens is 228 g/mol. The SMILES string of the molecule is CCN(CCC(=O)O)C(C)c1cccc(C#N)c1. The average molecular weight is 246 g/mol. The molecule has 4 heteroatoms. The molecule has 0 bridgehead atoms. The first kappa shape index (κ1) is 14.2. The summed E-state index contributed by atoms with van der Waals surface area (Å²) in [6.07, 6.45) is 0.135. The van der Waals surface area contributed by atoms with Crippen LogP contribution in [-0.2, 0) is 4.79 Å². The van der Waals surface area contributed by atoms with Crippen LogP contribution in [0.5, 0.6) is 0 Å². The summed E-state index contributed by atoms with van der Waals surface area (Å²) in [5, 5.41) is 17.6. The van der Waals surface area contributed by atoms with Crippen LogP contribution in [0.15, 0.2) is 24.3 Å². The molecule has 1 rings (SSSR count). The van der Waals surface area contributed by atoms with E-state index in [0.29, 0.717) is 12.1 Å². The fourth-order valence-corrected chi connectivity index (χ4v) is 1.94. The first-order chi connectivity index (χ1) is 8.58. The number of hydrogen-bond donors (Lipinski definition) is 1. The number of hydrogen-bond acceptors (Lipinski definition) is 3. The maximum Gasteiger partial charge on any atom is 0.304 e. The Bertz CT molecular complexity index is 451. The molecule has 1 N–H and O–H groups in total. The molecule has 0 saturated carbocycles. The van der Waals surface area contributed by atoms with Crippen LogP contribution in [0.2, 0.25) is 0 Å². The Hall–Kier alpha value is -1.86. The van der Waals surface area contributed by atoms with Crippen molar-refractivity contribution in [2.75, 3.05) is 13.1 Å². The number of rotatable bonds is 6. The largest absolute Gasteiger partial charge is 0.481 e. The third kappa shape index (κ3) is 3.86. The monoisotopic (exact) mass is 246 g/mol. The lowest BCUT2D eigenvalue weighted by molar-refractivity contribution is -0.137. The van der Waals surface area contributed by atoms with Crippen molar-refractivity contribution in [1.29, 1.82) is 5.26 Å². The third-order valence-corrected chi connectivity index (χ3v) is 3.06. The Labute approximate surface area is 107 Å². The lowest BCUT2D eigenvalue weighted by atomic mass is 10.0. The number of carboxylic acid groups (broad SMARTS) is 1. The first-order valence-electron chi connectivity index (χ1n) is 6.04. The van der Waals surface area contributed by atoms with Gasteiger partial charge in [-0.15, -0.1) is 0 Å². The Balaban J connectivity index is 2.79. The molecule has 1 atom stereocenters. The summed E-state index contributed by atoms with van der Waals surface area (Å²) in [5.41, 5.74) is 1.68. The van der Waals surface area contributed by atoms with Crippen LogP contribution in [0.4, 0.5) is 0 Å². The minimum absolute atomic E-state index is 0.114. The van der Waals surface area contributed by atoms with Gasteiger partial charge < -0.3 is 5.11 Å². The summed E-state index contributed by atoms with van der Waals surface area (Å²) in [6, 6.07) is 9.68. The van der Waals surface area contributed by atoms with Crippen LogP contribution in [0.1, 0.15) is 37.4 Å². The van der Waals surface area contributed by atoms with Crippen LogP contribution in [0.3, 0.4) is 0 Å². The van der Waals surface area contributed by atoms with Crippen molar-refractivity contribution in [3.8, 4) is 6.07 Å². The van der Waals surface area contributed by atoms with Gasteiger partial charge in [0.1, 0.15) is 0 Å². The van der Waals surface area contributed by atoms with Crippen molar-refractivity contribution in [3.05, 3.63) is 35.4 Å². The molecule has 0 fully saturated rings. The smallest absolute Gasteiger partial charge is 0.304 e. The van der Waals surface area contributed by atoms with E-state index in [9.17, 15) is 4.79 Å². The van der Waals surface area contributed by atoms with Gasteiger partial charge in [0, 0.05) is 12.6 Å². The van der Waals surface area contributed by atoms with E-state index in [1.165, 1.54) is 0 Å². The number of nitriles is 1. The Morgan fingerprint density at radius 2 is 2.28 bits per heavy atom. The van der Waals surface area contributed by atoms with Crippen LogP contribution in [0, 0.1) is 11.3 Å². The summed E-state index contributed by atoms with van der Waals surface area (Å²) >= 11 is 0. The van der Waals surface area contributed by atoms with Crippen molar-refractivity contribution in [2.24, 2.45) is 0 Å². The second kappa shape index (κ2) is 6.77. The van der Waals surface area contributed by atoms with Crippen molar-refractivity contribution in [3.63, 3.8) is 0 Å². The first-order valence-corrected chi connectivity index (χ1v) is 6.04. The van der Waals surface area contributed by atoms with Crippen molar-refractivity contribution >= 4 is 5.97 Å². The third-order valence-electron chi connectivity index (χ3n) is 3.06. The van der Waals surface area contributed by atoms with Gasteiger partial charge in [-0.25, -0.2) is 0 Å². The molecule has 1 aromatic rings. The predicted molar refractivity (Wildman–Crippen MR) is 69.1 cm³/mol. The molecule has 0 spiro atoms. The maximum atomic E-state index is 10.6. The van der Waals surface area contributed by atoms with Gasteiger partial charge in [-0.1, -0.05) is 19.1 Å². The predicted octanol–water partition coefficient (Wildman–Crippen LogP) is 2.42. The van der Waals surface area contributed by atoms with E-state index in [1.807, 2.05) is 32.0 Å². The van der Waals surface area contributed by atoms with Gasteiger partial charge in [0.05, 0.1) is 18.1 Å². The van der Waals surface area contributed by atoms with E-state index in [0.717, 1.165) is 12.1 Å². The van der Waals surface area contributed by atoms with E-state index in [-0.39, 0.29) is 12.5 Å².